The molecule has 3 aromatic rings. The zero-order valence-electron chi connectivity index (χ0n) is 13.4. The number of carbonyl (C=O) groups excluding carboxylic acids is 1. The van der Waals surface area contributed by atoms with Gasteiger partial charge in [0.2, 0.25) is 0 Å². The van der Waals surface area contributed by atoms with Crippen LogP contribution in [0.4, 0.5) is 0 Å². The van der Waals surface area contributed by atoms with Crippen LogP contribution >= 0.6 is 0 Å². The van der Waals surface area contributed by atoms with Crippen LogP contribution in [-0.2, 0) is 6.54 Å². The molecule has 3 rings (SSSR count). The molecule has 1 amide bonds. The summed E-state index contributed by atoms with van der Waals surface area (Å²) in [7, 11) is 0. The third kappa shape index (κ3) is 3.57. The van der Waals surface area contributed by atoms with Crippen LogP contribution in [0.5, 0.6) is 0 Å². The fourth-order valence-corrected chi connectivity index (χ4v) is 2.49. The fraction of sp³-hybridized carbons (Fsp3) is 0.200. The van der Waals surface area contributed by atoms with E-state index in [1.807, 2.05) is 30.3 Å². The molecule has 0 aliphatic rings. The van der Waals surface area contributed by atoms with Crippen LogP contribution in [0, 0.1) is 0 Å². The first-order valence-electron chi connectivity index (χ1n) is 7.86. The van der Waals surface area contributed by atoms with Gasteiger partial charge in [0.15, 0.2) is 0 Å². The van der Waals surface area contributed by atoms with E-state index in [-0.39, 0.29) is 5.91 Å². The van der Waals surface area contributed by atoms with Crippen molar-refractivity contribution < 1.29 is 4.79 Å². The van der Waals surface area contributed by atoms with Crippen molar-refractivity contribution in [2.24, 2.45) is 0 Å². The summed E-state index contributed by atoms with van der Waals surface area (Å²) in [5.41, 5.74) is 3.67. The molecular weight excluding hydrogens is 284 g/mol. The molecule has 1 N–H and O–H groups in total. The zero-order valence-corrected chi connectivity index (χ0v) is 13.4. The van der Waals surface area contributed by atoms with Crippen LogP contribution in [-0.4, -0.2) is 10.9 Å². The predicted molar refractivity (Wildman–Crippen MR) is 93.4 cm³/mol. The molecule has 2 aromatic carbocycles. The Morgan fingerprint density at radius 2 is 1.74 bits per heavy atom. The van der Waals surface area contributed by atoms with E-state index in [0.717, 1.165) is 16.5 Å². The van der Waals surface area contributed by atoms with Gasteiger partial charge >= 0.3 is 0 Å². The number of benzene rings is 2. The Labute approximate surface area is 136 Å². The Bertz CT molecular complexity index is 822. The summed E-state index contributed by atoms with van der Waals surface area (Å²) < 4.78 is 0. The first-order chi connectivity index (χ1) is 11.1. The predicted octanol–water partition coefficient (Wildman–Crippen LogP) is 4.29. The van der Waals surface area contributed by atoms with E-state index in [9.17, 15) is 4.79 Å². The standard InChI is InChI=1S/C20H20N2O/c1-14(2)16-9-7-15(8-10-16)13-21-20(23)19-12-11-17-5-3-4-6-18(17)22-19/h3-12,14H,13H2,1-2H3,(H,21,23). The van der Waals surface area contributed by atoms with E-state index in [1.54, 1.807) is 6.07 Å². The lowest BCUT2D eigenvalue weighted by atomic mass is 10.0. The Morgan fingerprint density at radius 1 is 1.00 bits per heavy atom. The van der Waals surface area contributed by atoms with E-state index in [2.05, 4.69) is 48.4 Å². The van der Waals surface area contributed by atoms with Crippen LogP contribution in [0.15, 0.2) is 60.7 Å². The number of rotatable bonds is 4. The van der Waals surface area contributed by atoms with Crippen LogP contribution in [0.3, 0.4) is 0 Å². The van der Waals surface area contributed by atoms with Gasteiger partial charge in [-0.2, -0.15) is 0 Å². The number of hydrogen-bond acceptors (Lipinski definition) is 2. The first-order valence-corrected chi connectivity index (χ1v) is 7.86. The average Bonchev–Trinajstić information content (AvgIpc) is 2.59. The van der Waals surface area contributed by atoms with Gasteiger partial charge in [-0.25, -0.2) is 4.98 Å². The molecule has 3 nitrogen and oxygen atoms in total. The fourth-order valence-electron chi connectivity index (χ4n) is 2.49. The molecule has 0 fully saturated rings. The molecular formula is C20H20N2O. The lowest BCUT2D eigenvalue weighted by molar-refractivity contribution is 0.0946. The van der Waals surface area contributed by atoms with E-state index in [4.69, 9.17) is 0 Å². The highest BCUT2D eigenvalue weighted by atomic mass is 16.1. The maximum atomic E-state index is 12.3. The molecule has 0 bridgehead atoms. The number of pyridine rings is 1. The normalized spacial score (nSPS) is 10.9. The third-order valence-electron chi connectivity index (χ3n) is 3.93. The van der Waals surface area contributed by atoms with Gasteiger partial charge in [-0.1, -0.05) is 62.4 Å². The minimum Gasteiger partial charge on any atom is -0.347 e. The molecule has 1 aromatic heterocycles. The topological polar surface area (TPSA) is 42.0 Å². The minimum absolute atomic E-state index is 0.149. The van der Waals surface area contributed by atoms with Gasteiger partial charge in [-0.15, -0.1) is 0 Å². The third-order valence-corrected chi connectivity index (χ3v) is 3.93. The number of nitrogens with zero attached hydrogens (tertiary/aromatic N) is 1. The maximum absolute atomic E-state index is 12.3. The highest BCUT2D eigenvalue weighted by Gasteiger charge is 2.08. The monoisotopic (exact) mass is 304 g/mol. The summed E-state index contributed by atoms with van der Waals surface area (Å²) in [4.78, 5) is 16.7. The Morgan fingerprint density at radius 3 is 2.48 bits per heavy atom. The molecule has 0 aliphatic carbocycles. The van der Waals surface area contributed by atoms with Gasteiger partial charge in [-0.05, 0) is 29.2 Å². The maximum Gasteiger partial charge on any atom is 0.270 e. The van der Waals surface area contributed by atoms with E-state index >= 15 is 0 Å². The average molecular weight is 304 g/mol. The van der Waals surface area contributed by atoms with Crippen molar-refractivity contribution in [3.63, 3.8) is 0 Å². The Balaban J connectivity index is 1.68. The summed E-state index contributed by atoms with van der Waals surface area (Å²) in [5.74, 6) is 0.365. The number of amides is 1. The minimum atomic E-state index is -0.149. The Kier molecular flexibility index (Phi) is 4.38. The molecule has 1 heterocycles. The molecule has 116 valence electrons. The molecule has 0 saturated heterocycles. The highest BCUT2D eigenvalue weighted by Crippen LogP contribution is 2.15. The van der Waals surface area contributed by atoms with Crippen molar-refractivity contribution in [1.29, 1.82) is 0 Å². The molecule has 0 aliphatic heterocycles. The van der Waals surface area contributed by atoms with Crippen LogP contribution in [0.25, 0.3) is 10.9 Å². The summed E-state index contributed by atoms with van der Waals surface area (Å²) >= 11 is 0. The number of hydrogen-bond donors (Lipinski definition) is 1. The first kappa shape index (κ1) is 15.2. The SMILES string of the molecule is CC(C)c1ccc(CNC(=O)c2ccc3ccccc3n2)cc1. The molecule has 0 saturated carbocycles. The van der Waals surface area contributed by atoms with Crippen molar-refractivity contribution in [2.45, 2.75) is 26.3 Å². The summed E-state index contributed by atoms with van der Waals surface area (Å²) in [6, 6.07) is 19.8. The smallest absolute Gasteiger partial charge is 0.270 e. The van der Waals surface area contributed by atoms with Gasteiger partial charge in [-0.3, -0.25) is 4.79 Å². The van der Waals surface area contributed by atoms with Crippen molar-refractivity contribution >= 4 is 16.8 Å². The van der Waals surface area contributed by atoms with Crippen molar-refractivity contribution in [3.05, 3.63) is 77.5 Å². The van der Waals surface area contributed by atoms with Gasteiger partial charge in [0, 0.05) is 11.9 Å². The lowest BCUT2D eigenvalue weighted by Gasteiger charge is -2.08. The van der Waals surface area contributed by atoms with E-state index in [0.29, 0.717) is 18.2 Å². The van der Waals surface area contributed by atoms with Crippen LogP contribution in [0.2, 0.25) is 0 Å². The summed E-state index contributed by atoms with van der Waals surface area (Å²) in [5, 5.41) is 3.96. The van der Waals surface area contributed by atoms with E-state index in [1.165, 1.54) is 5.56 Å². The second-order valence-corrected chi connectivity index (χ2v) is 5.97. The molecule has 3 heteroatoms. The Hall–Kier alpha value is -2.68. The largest absolute Gasteiger partial charge is 0.347 e. The van der Waals surface area contributed by atoms with Gasteiger partial charge in [0.25, 0.3) is 5.91 Å². The molecule has 0 unspecified atom stereocenters. The van der Waals surface area contributed by atoms with Gasteiger partial charge < -0.3 is 5.32 Å². The second-order valence-electron chi connectivity index (χ2n) is 5.97. The highest BCUT2D eigenvalue weighted by molar-refractivity contribution is 5.94. The number of nitrogens with one attached hydrogen (secondary N) is 1. The molecule has 23 heavy (non-hydrogen) atoms. The quantitative estimate of drug-likeness (QED) is 0.781. The van der Waals surface area contributed by atoms with Crippen LogP contribution in [0.1, 0.15) is 41.4 Å². The number of aromatic nitrogens is 1. The van der Waals surface area contributed by atoms with E-state index < -0.39 is 0 Å². The zero-order chi connectivity index (χ0) is 16.2. The van der Waals surface area contributed by atoms with Crippen LogP contribution < -0.4 is 5.32 Å². The van der Waals surface area contributed by atoms with Gasteiger partial charge in [0.05, 0.1) is 5.52 Å². The lowest BCUT2D eigenvalue weighted by Crippen LogP contribution is -2.23. The van der Waals surface area contributed by atoms with Crippen molar-refractivity contribution in [2.75, 3.05) is 0 Å². The number of fused-ring (bicyclic) bond motifs is 1. The summed E-state index contributed by atoms with van der Waals surface area (Å²) in [6.07, 6.45) is 0. The van der Waals surface area contributed by atoms with Crippen molar-refractivity contribution in [3.8, 4) is 0 Å². The molecule has 0 radical (unpaired) electrons. The molecule has 0 atom stereocenters. The second kappa shape index (κ2) is 6.61. The van der Waals surface area contributed by atoms with Crippen molar-refractivity contribution in [1.82, 2.24) is 10.3 Å². The molecule has 0 spiro atoms. The summed E-state index contributed by atoms with van der Waals surface area (Å²) in [6.45, 7) is 4.84. The number of para-hydroxylation sites is 1. The van der Waals surface area contributed by atoms with Gasteiger partial charge in [0.1, 0.15) is 5.69 Å². The number of carbonyl (C=O) groups is 1.